The van der Waals surface area contributed by atoms with Gasteiger partial charge in [0, 0.05) is 5.69 Å². The average molecular weight is 258 g/mol. The van der Waals surface area contributed by atoms with Crippen molar-refractivity contribution in [3.05, 3.63) is 40.4 Å². The number of nitrogens with one attached hydrogen (secondary N) is 1. The number of carbonyl (C=O) groups excluding carboxylic acids is 1. The van der Waals surface area contributed by atoms with Crippen LogP contribution in [0.4, 0.5) is 5.69 Å². The van der Waals surface area contributed by atoms with Gasteiger partial charge in [0.15, 0.2) is 0 Å². The maximum Gasteiger partial charge on any atom is 0.269 e. The van der Waals surface area contributed by atoms with Crippen LogP contribution in [0.25, 0.3) is 0 Å². The molecule has 2 rings (SSSR count). The van der Waals surface area contributed by atoms with Crippen LogP contribution in [0.1, 0.15) is 27.9 Å². The molecule has 0 aliphatic carbocycles. The molecule has 1 N–H and O–H groups in total. The molecular weight excluding hydrogens is 248 g/mol. The number of rotatable bonds is 3. The van der Waals surface area contributed by atoms with E-state index in [-0.39, 0.29) is 5.91 Å². The molecule has 1 aromatic carbocycles. The Kier molecular flexibility index (Phi) is 3.65. The van der Waals surface area contributed by atoms with Gasteiger partial charge in [-0.05, 0) is 42.2 Å². The number of carbonyl (C=O) groups is 1. The zero-order valence-electron chi connectivity index (χ0n) is 9.67. The lowest BCUT2D eigenvalue weighted by Crippen LogP contribution is -2.12. The highest BCUT2D eigenvalue weighted by Crippen LogP contribution is 2.15. The van der Waals surface area contributed by atoms with E-state index in [1.807, 2.05) is 13.0 Å². The molecule has 0 spiro atoms. The Morgan fingerprint density at radius 1 is 1.44 bits per heavy atom. The van der Waals surface area contributed by atoms with E-state index in [0.717, 1.165) is 11.5 Å². The quantitative estimate of drug-likeness (QED) is 0.915. The van der Waals surface area contributed by atoms with Crippen LogP contribution >= 0.6 is 11.5 Å². The first-order chi connectivity index (χ1) is 8.74. The number of amides is 1. The summed E-state index contributed by atoms with van der Waals surface area (Å²) in [5.41, 5.74) is 1.90. The highest BCUT2D eigenvalue weighted by molar-refractivity contribution is 7.08. The van der Waals surface area contributed by atoms with E-state index in [0.29, 0.717) is 28.2 Å². The Labute approximate surface area is 108 Å². The lowest BCUT2D eigenvalue weighted by atomic mass is 10.2. The fraction of sp³-hybridized carbons (Fsp3) is 0.167. The van der Waals surface area contributed by atoms with Crippen LogP contribution in [0, 0.1) is 11.3 Å². The van der Waals surface area contributed by atoms with Crippen LogP contribution in [-0.4, -0.2) is 15.5 Å². The van der Waals surface area contributed by atoms with Gasteiger partial charge in [0.2, 0.25) is 0 Å². The van der Waals surface area contributed by atoms with Gasteiger partial charge >= 0.3 is 0 Å². The van der Waals surface area contributed by atoms with Gasteiger partial charge in [0.05, 0.1) is 17.3 Å². The molecule has 0 bridgehead atoms. The molecule has 6 heteroatoms. The van der Waals surface area contributed by atoms with E-state index in [1.165, 1.54) is 0 Å². The minimum absolute atomic E-state index is 0.216. The summed E-state index contributed by atoms with van der Waals surface area (Å²) >= 11 is 1.08. The van der Waals surface area contributed by atoms with Crippen molar-refractivity contribution in [1.29, 1.82) is 5.26 Å². The average Bonchev–Trinajstić information content (AvgIpc) is 2.88. The Morgan fingerprint density at radius 2 is 2.17 bits per heavy atom. The van der Waals surface area contributed by atoms with Crippen molar-refractivity contribution in [2.24, 2.45) is 0 Å². The molecule has 0 unspecified atom stereocenters. The van der Waals surface area contributed by atoms with Crippen molar-refractivity contribution in [3.63, 3.8) is 0 Å². The van der Waals surface area contributed by atoms with Crippen molar-refractivity contribution < 1.29 is 4.79 Å². The molecule has 0 aliphatic heterocycles. The van der Waals surface area contributed by atoms with E-state index in [9.17, 15) is 4.79 Å². The Balaban J connectivity index is 2.14. The number of benzene rings is 1. The third-order valence-corrected chi connectivity index (χ3v) is 3.14. The molecule has 1 aromatic heterocycles. The monoisotopic (exact) mass is 258 g/mol. The van der Waals surface area contributed by atoms with Gasteiger partial charge < -0.3 is 5.32 Å². The molecule has 0 aliphatic rings. The minimum atomic E-state index is -0.216. The molecule has 1 amide bonds. The summed E-state index contributed by atoms with van der Waals surface area (Å²) in [5, 5.41) is 15.3. The number of nitriles is 1. The van der Waals surface area contributed by atoms with Crippen LogP contribution < -0.4 is 5.32 Å². The topological polar surface area (TPSA) is 78.7 Å². The fourth-order valence-electron chi connectivity index (χ4n) is 1.43. The SMILES string of the molecule is CCc1nnsc1C(=O)Nc1ccc(C#N)cc1. The summed E-state index contributed by atoms with van der Waals surface area (Å²) in [6.07, 6.45) is 0.673. The predicted molar refractivity (Wildman–Crippen MR) is 68.4 cm³/mol. The van der Waals surface area contributed by atoms with E-state index in [4.69, 9.17) is 5.26 Å². The third kappa shape index (κ3) is 2.52. The van der Waals surface area contributed by atoms with Crippen LogP contribution in [0.2, 0.25) is 0 Å². The van der Waals surface area contributed by atoms with Gasteiger partial charge in [-0.25, -0.2) is 0 Å². The molecule has 2 aromatic rings. The Bertz CT molecular complexity index is 597. The zero-order valence-corrected chi connectivity index (χ0v) is 10.5. The van der Waals surface area contributed by atoms with Crippen molar-refractivity contribution in [2.45, 2.75) is 13.3 Å². The van der Waals surface area contributed by atoms with Gasteiger partial charge in [-0.3, -0.25) is 4.79 Å². The summed E-state index contributed by atoms with van der Waals surface area (Å²) < 4.78 is 3.77. The van der Waals surface area contributed by atoms with Crippen LogP contribution in [0.15, 0.2) is 24.3 Å². The second-order valence-corrected chi connectivity index (χ2v) is 4.30. The van der Waals surface area contributed by atoms with Gasteiger partial charge in [-0.2, -0.15) is 5.26 Å². The second-order valence-electron chi connectivity index (χ2n) is 3.55. The number of anilines is 1. The smallest absolute Gasteiger partial charge is 0.269 e. The molecule has 0 radical (unpaired) electrons. The number of hydrogen-bond acceptors (Lipinski definition) is 5. The van der Waals surface area contributed by atoms with E-state index in [1.54, 1.807) is 24.3 Å². The molecule has 5 nitrogen and oxygen atoms in total. The molecular formula is C12H10N4OS. The van der Waals surface area contributed by atoms with E-state index in [2.05, 4.69) is 14.9 Å². The summed E-state index contributed by atoms with van der Waals surface area (Å²) in [7, 11) is 0. The summed E-state index contributed by atoms with van der Waals surface area (Å²) in [4.78, 5) is 12.5. The fourth-order valence-corrected chi connectivity index (χ4v) is 2.07. The molecule has 0 saturated carbocycles. The third-order valence-electron chi connectivity index (χ3n) is 2.37. The molecule has 90 valence electrons. The van der Waals surface area contributed by atoms with Crippen molar-refractivity contribution >= 4 is 23.1 Å². The van der Waals surface area contributed by atoms with Crippen molar-refractivity contribution in [1.82, 2.24) is 9.59 Å². The second kappa shape index (κ2) is 5.38. The first-order valence-electron chi connectivity index (χ1n) is 5.37. The van der Waals surface area contributed by atoms with E-state index >= 15 is 0 Å². The number of nitrogens with zero attached hydrogens (tertiary/aromatic N) is 3. The largest absolute Gasteiger partial charge is 0.321 e. The maximum absolute atomic E-state index is 12.0. The highest BCUT2D eigenvalue weighted by Gasteiger charge is 2.14. The maximum atomic E-state index is 12.0. The normalized spacial score (nSPS) is 9.78. The zero-order chi connectivity index (χ0) is 13.0. The number of aromatic nitrogens is 2. The Hall–Kier alpha value is -2.26. The van der Waals surface area contributed by atoms with Gasteiger partial charge in [-0.15, -0.1) is 5.10 Å². The summed E-state index contributed by atoms with van der Waals surface area (Å²) in [6, 6.07) is 8.71. The summed E-state index contributed by atoms with van der Waals surface area (Å²) in [6.45, 7) is 1.93. The van der Waals surface area contributed by atoms with Gasteiger partial charge in [0.1, 0.15) is 4.88 Å². The molecule has 1 heterocycles. The molecule has 18 heavy (non-hydrogen) atoms. The standard InChI is InChI=1S/C12H10N4OS/c1-2-10-11(18-16-15-10)12(17)14-9-5-3-8(7-13)4-6-9/h3-6H,2H2,1H3,(H,14,17). The van der Waals surface area contributed by atoms with E-state index < -0.39 is 0 Å². The summed E-state index contributed by atoms with van der Waals surface area (Å²) in [5.74, 6) is -0.216. The molecule has 0 fully saturated rings. The number of aryl methyl sites for hydroxylation is 1. The molecule has 0 atom stereocenters. The van der Waals surface area contributed by atoms with Crippen LogP contribution in [0.5, 0.6) is 0 Å². The van der Waals surface area contributed by atoms with Crippen LogP contribution in [0.3, 0.4) is 0 Å². The lowest BCUT2D eigenvalue weighted by molar-refractivity contribution is 0.102. The highest BCUT2D eigenvalue weighted by atomic mass is 32.1. The van der Waals surface area contributed by atoms with Crippen molar-refractivity contribution in [3.8, 4) is 6.07 Å². The van der Waals surface area contributed by atoms with Gasteiger partial charge in [-0.1, -0.05) is 11.4 Å². The first-order valence-corrected chi connectivity index (χ1v) is 6.14. The molecule has 0 saturated heterocycles. The first kappa shape index (κ1) is 12.2. The number of hydrogen-bond donors (Lipinski definition) is 1. The van der Waals surface area contributed by atoms with Crippen molar-refractivity contribution in [2.75, 3.05) is 5.32 Å². The van der Waals surface area contributed by atoms with Gasteiger partial charge in [0.25, 0.3) is 5.91 Å². The minimum Gasteiger partial charge on any atom is -0.321 e. The Morgan fingerprint density at radius 3 is 2.78 bits per heavy atom. The lowest BCUT2D eigenvalue weighted by Gasteiger charge is -2.03. The van der Waals surface area contributed by atoms with Crippen LogP contribution in [-0.2, 0) is 6.42 Å². The predicted octanol–water partition coefficient (Wildman–Crippen LogP) is 2.22.